The molecule has 0 aliphatic rings. The maximum atomic E-state index is 13.1. The average molecular weight is 1630 g/mol. The van der Waals surface area contributed by atoms with Crippen LogP contribution in [0.25, 0.3) is 33.8 Å². The maximum Gasteiger partial charge on any atom is 0.337 e. The maximum absolute atomic E-state index is 13.1. The highest BCUT2D eigenvalue weighted by Gasteiger charge is 2.17. The molecule has 19 nitrogen and oxygen atoms in total. The number of esters is 1. The molecule has 31 heteroatoms. The van der Waals surface area contributed by atoms with Gasteiger partial charge in [-0.25, -0.2) is 65.1 Å². The summed E-state index contributed by atoms with van der Waals surface area (Å²) in [6.45, 7) is 2.58. The number of thiocarbonyl (C=S) groups is 1. The Morgan fingerprint density at radius 1 is 0.569 bits per heavy atom. The Bertz CT molecular complexity index is 4480. The fourth-order valence-electron chi connectivity index (χ4n) is 8.19. The molecule has 0 spiro atoms. The summed E-state index contributed by atoms with van der Waals surface area (Å²) in [5.74, 6) is -0.827. The number of carbonyl (C=O) groups is 4. The van der Waals surface area contributed by atoms with Crippen LogP contribution in [0.3, 0.4) is 0 Å². The van der Waals surface area contributed by atoms with Crippen molar-refractivity contribution in [3.05, 3.63) is 245 Å². The predicted molar refractivity (Wildman–Crippen MR) is 435 cm³/mol. The first-order chi connectivity index (χ1) is 52.4. The van der Waals surface area contributed by atoms with Gasteiger partial charge in [0.2, 0.25) is 26.5 Å². The van der Waals surface area contributed by atoms with Crippen molar-refractivity contribution in [2.75, 3.05) is 62.8 Å². The van der Waals surface area contributed by atoms with Crippen LogP contribution in [-0.4, -0.2) is 130 Å². The number of alkyl halides is 5. The Morgan fingerprint density at radius 2 is 1.01 bits per heavy atom. The van der Waals surface area contributed by atoms with Gasteiger partial charge in [-0.1, -0.05) is 139 Å². The van der Waals surface area contributed by atoms with Gasteiger partial charge < -0.3 is 15.8 Å². The molecule has 10 rings (SSSR count). The molecule has 0 unspecified atom stereocenters. The van der Waals surface area contributed by atoms with E-state index in [1.807, 2.05) is 172 Å². The Morgan fingerprint density at radius 3 is 1.41 bits per heavy atom. The van der Waals surface area contributed by atoms with Crippen LogP contribution < -0.4 is 27.1 Å². The second-order valence-corrected chi connectivity index (χ2v) is 28.1. The summed E-state index contributed by atoms with van der Waals surface area (Å²) in [4.78, 5) is 80.4. The lowest BCUT2D eigenvalue weighted by molar-refractivity contribution is -0.144. The van der Waals surface area contributed by atoms with Gasteiger partial charge in [-0.15, -0.1) is 35.3 Å². The normalized spacial score (nSPS) is 10.1. The van der Waals surface area contributed by atoms with E-state index in [4.69, 9.17) is 21.8 Å². The van der Waals surface area contributed by atoms with Crippen LogP contribution in [0.15, 0.2) is 225 Å². The summed E-state index contributed by atoms with van der Waals surface area (Å²) >= 11 is 12.2. The molecule has 0 saturated carbocycles. The monoisotopic (exact) mass is 1630 g/mol. The zero-order chi connectivity index (χ0) is 80.5. The number of hydrogen-bond donors (Lipinski definition) is 4. The zero-order valence-corrected chi connectivity index (χ0v) is 67.0. The number of aryl methyl sites for hydroxylation is 1. The lowest BCUT2D eigenvalue weighted by Crippen LogP contribution is -2.42. The summed E-state index contributed by atoms with van der Waals surface area (Å²) < 4.78 is 89.0. The van der Waals surface area contributed by atoms with Gasteiger partial charge in [-0.2, -0.15) is 0 Å². The number of ether oxygens (including phenoxy) is 1. The molecule has 10 aromatic rings. The molecule has 7 N–H and O–H groups in total. The number of aromatic nitrogens is 6. The first-order valence-electron chi connectivity index (χ1n) is 32.6. The van der Waals surface area contributed by atoms with E-state index >= 15 is 0 Å². The Kier molecular flexibility index (Phi) is 45.9. The van der Waals surface area contributed by atoms with Gasteiger partial charge in [-0.3, -0.25) is 35.3 Å². The molecule has 3 aromatic heterocycles. The molecule has 109 heavy (non-hydrogen) atoms. The van der Waals surface area contributed by atoms with E-state index in [9.17, 15) is 49.5 Å². The van der Waals surface area contributed by atoms with Crippen LogP contribution in [0, 0.1) is 6.92 Å². The smallest absolute Gasteiger partial charge is 0.337 e. The number of Topliss-reactive ketones (excluding diaryl/α,β-unsaturated/α-hetero) is 3. The van der Waals surface area contributed by atoms with Gasteiger partial charge in [0.1, 0.15) is 26.7 Å². The minimum Gasteiger partial charge on any atom is -0.464 e. The Balaban J connectivity index is 0.000000336. The largest absolute Gasteiger partial charge is 0.464 e. The summed E-state index contributed by atoms with van der Waals surface area (Å²) in [7, 11) is -3.64. The molecule has 0 bridgehead atoms. The highest BCUT2D eigenvalue weighted by molar-refractivity contribution is 8.12. The molecule has 0 aliphatic heterocycles. The zero-order valence-electron chi connectivity index (χ0n) is 61.3. The molecule has 3 heterocycles. The number of nitrogens with two attached hydrogens (primary N) is 3. The number of rotatable bonds is 25. The number of thioether (sulfide) groups is 5. The summed E-state index contributed by atoms with van der Waals surface area (Å²) in [6.07, 6.45) is 10.3. The third-order valence-corrected chi connectivity index (χ3v) is 17.9. The van der Waals surface area contributed by atoms with Gasteiger partial charge in [-0.05, 0) is 166 Å². The number of carbonyl (C=O) groups excluding carboxylic acids is 4. The van der Waals surface area contributed by atoms with E-state index < -0.39 is 60.1 Å². The summed E-state index contributed by atoms with van der Waals surface area (Å²) in [5.41, 5.74) is 21.1. The number of benzene rings is 7. The van der Waals surface area contributed by atoms with Crippen LogP contribution in [-0.2, 0) is 62.2 Å². The van der Waals surface area contributed by atoms with E-state index in [2.05, 4.69) is 57.1 Å². The van der Waals surface area contributed by atoms with Gasteiger partial charge in [0, 0.05) is 61.8 Å². The molecule has 7 aromatic carbocycles. The minimum atomic E-state index is -3.64. The summed E-state index contributed by atoms with van der Waals surface area (Å²) in [5, 5.41) is 8.73. The molecule has 0 atom stereocenters. The fraction of sp³-hybridized carbons (Fsp3) is 0.231. The van der Waals surface area contributed by atoms with Crippen molar-refractivity contribution in [3.63, 3.8) is 0 Å². The number of nitrogens with zero attached hydrogens (tertiary/aromatic N) is 6. The second kappa shape index (κ2) is 53.4. The lowest BCUT2D eigenvalue weighted by atomic mass is 10.1. The number of halogens is 5. The molecular formula is C78H86F5N10O9S7+. The molecular weight excluding hydrogens is 1540 g/mol. The number of nitrogens with one attached hydrogen (secondary N) is 1. The van der Waals surface area contributed by atoms with E-state index in [0.29, 0.717) is 63.3 Å². The highest BCUT2D eigenvalue weighted by atomic mass is 32.2. The van der Waals surface area contributed by atoms with Crippen LogP contribution in [0.5, 0.6) is 5.75 Å². The van der Waals surface area contributed by atoms with Crippen LogP contribution in [0.2, 0.25) is 0 Å². The molecule has 578 valence electrons. The Labute approximate surface area is 659 Å². The van der Waals surface area contributed by atoms with Crippen molar-refractivity contribution in [1.29, 1.82) is 0 Å². The number of hydrogen-bond acceptors (Lipinski definition) is 23. The Hall–Kier alpha value is -9.47. The SMILES string of the molecule is CCOC(=O)CF.CS(=O)(=O)c1nc(CF)cc(-c2ccc(OOC=S)cc2)n1.CSC(N)=[NH2+].CSc1ccc(-c2cc(CF)nc(SC)n2)cc1.CSc1ccc(C(=O)CC(=O)CF)cc1.CSc1ccc(C(C)=O)cc1.Cc1ccc(-c2cc(CF)nc(NCc3ccccc3)n2)cc1.NCc1ccccc1. The fourth-order valence-corrected chi connectivity index (χ4v) is 10.4. The van der Waals surface area contributed by atoms with Crippen LogP contribution in [0.1, 0.15) is 74.8 Å². The number of amidine groups is 1. The number of ketones is 3. The first-order valence-corrected chi connectivity index (χ1v) is 41.1. The highest BCUT2D eigenvalue weighted by Crippen LogP contribution is 2.27. The lowest BCUT2D eigenvalue weighted by Gasteiger charge is -2.09. The van der Waals surface area contributed by atoms with Gasteiger partial charge >= 0.3 is 5.97 Å². The number of sulfone groups is 1. The van der Waals surface area contributed by atoms with E-state index in [1.54, 1.807) is 110 Å². The third kappa shape index (κ3) is 37.5. The van der Waals surface area contributed by atoms with Crippen molar-refractivity contribution in [2.45, 2.75) is 85.3 Å². The van der Waals surface area contributed by atoms with E-state index in [0.717, 1.165) is 50.3 Å². The molecule has 0 fully saturated rings. The third-order valence-electron chi connectivity index (χ3n) is 13.7. The molecule has 0 amide bonds. The summed E-state index contributed by atoms with van der Waals surface area (Å²) in [6, 6.07) is 61.8. The minimum absolute atomic E-state index is 0.00482. The van der Waals surface area contributed by atoms with Crippen molar-refractivity contribution < 1.29 is 69.5 Å². The second-order valence-electron chi connectivity index (χ2n) is 21.8. The molecule has 0 radical (unpaired) electrons. The van der Waals surface area contributed by atoms with Crippen molar-refractivity contribution in [2.24, 2.45) is 11.5 Å². The average Bonchev–Trinajstić information content (AvgIpc) is 0.818. The van der Waals surface area contributed by atoms with Crippen molar-refractivity contribution >= 4 is 121 Å². The van der Waals surface area contributed by atoms with Crippen molar-refractivity contribution in [3.8, 4) is 39.5 Å². The van der Waals surface area contributed by atoms with E-state index in [1.165, 1.54) is 50.5 Å². The predicted octanol–water partition coefficient (Wildman–Crippen LogP) is 16.1. The molecule has 0 saturated heterocycles. The molecule has 0 aliphatic carbocycles. The number of anilines is 1. The van der Waals surface area contributed by atoms with Crippen molar-refractivity contribution in [1.82, 2.24) is 29.9 Å². The topological polar surface area (TPSA) is 297 Å². The quantitative estimate of drug-likeness (QED) is 0.00353. The first kappa shape index (κ1) is 93.7. The van der Waals surface area contributed by atoms with Gasteiger partial charge in [0.05, 0.1) is 47.2 Å². The standard InChI is InChI=1S/C19H18FN3.C13H11FN2O4S2.C13H13FN2S2.C11H11FO2S.C9H10OS.C7H9N.C4H7FO2.C2H6N2S/c1-14-7-9-16(10-8-14)18-11-17(12-20)22-19(23-18)21-13-15-5-3-2-4-6-15;1-22(17,18)13-15-10(7-14)6-12(16-13)9-2-4-11(5-3-9)20-19-8-21;1-17-11-5-3-9(4-6-11)12-7-10(8-14)15-13(16-12)18-2;1-15-10-4-2-8(3-5-10)11(14)6-9(13)7-12;1-7(10)8-3-5-9(11-2)6-4-8;8-6-7-4-2-1-3-5-7;1-2-7-4(6)3-5;1-5-2(3)4/h2-11H,12-13H2,1H3,(H,21,22,23);2-6,8H,7H2,1H3;3-7H,8H2,1-2H3;2-5H,6-7H2,1H3;3-6H,1-2H3;1-5H,6,8H2;2-3H2,1H3;1H3,(H3,3,4)/p+1. The van der Waals surface area contributed by atoms with Crippen LogP contribution >= 0.6 is 71.0 Å². The van der Waals surface area contributed by atoms with Gasteiger partial charge in [0.25, 0.3) is 5.17 Å². The van der Waals surface area contributed by atoms with Gasteiger partial charge in [0.15, 0.2) is 34.9 Å². The van der Waals surface area contributed by atoms with E-state index in [-0.39, 0.29) is 30.3 Å². The van der Waals surface area contributed by atoms with Crippen LogP contribution in [0.4, 0.5) is 27.9 Å².